The van der Waals surface area contributed by atoms with E-state index in [1.54, 1.807) is 6.08 Å². The van der Waals surface area contributed by atoms with Crippen LogP contribution in [0.4, 0.5) is 4.79 Å². The number of ether oxygens (including phenoxy) is 1. The molecule has 1 amide bonds. The second-order valence-corrected chi connectivity index (χ2v) is 3.16. The number of aldehydes is 1. The Hall–Kier alpha value is -1.32. The van der Waals surface area contributed by atoms with Crippen molar-refractivity contribution in [2.45, 2.75) is 26.2 Å². The molecular formula is C11H19NO3. The van der Waals surface area contributed by atoms with Gasteiger partial charge in [0.1, 0.15) is 6.29 Å². The van der Waals surface area contributed by atoms with Crippen LogP contribution in [0.3, 0.4) is 0 Å². The van der Waals surface area contributed by atoms with Crippen LogP contribution < -0.4 is 0 Å². The van der Waals surface area contributed by atoms with E-state index in [4.69, 9.17) is 4.74 Å². The predicted octanol–water partition coefficient (Wildman–Crippen LogP) is 2.00. The maximum absolute atomic E-state index is 11.4. The molecule has 0 fully saturated rings. The van der Waals surface area contributed by atoms with Crippen molar-refractivity contribution in [2.75, 3.05) is 19.7 Å². The van der Waals surface area contributed by atoms with Crippen LogP contribution in [0.25, 0.3) is 0 Å². The topological polar surface area (TPSA) is 46.6 Å². The maximum atomic E-state index is 11.4. The van der Waals surface area contributed by atoms with Gasteiger partial charge in [-0.25, -0.2) is 4.79 Å². The van der Waals surface area contributed by atoms with E-state index in [1.807, 2.05) is 6.92 Å². The Morgan fingerprint density at radius 1 is 1.53 bits per heavy atom. The normalized spacial score (nSPS) is 9.40. The van der Waals surface area contributed by atoms with Crippen LogP contribution in [0.5, 0.6) is 0 Å². The van der Waals surface area contributed by atoms with Crippen molar-refractivity contribution in [1.29, 1.82) is 0 Å². The second-order valence-electron chi connectivity index (χ2n) is 3.16. The Morgan fingerprint density at radius 3 is 2.80 bits per heavy atom. The van der Waals surface area contributed by atoms with Crippen molar-refractivity contribution >= 4 is 12.4 Å². The number of carbonyl (C=O) groups is 2. The zero-order valence-electron chi connectivity index (χ0n) is 9.28. The standard InChI is InChI=1S/C11H19NO3/c1-3-5-7-12(8-9-13)11(14)15-10-6-4-2/h3,9H,1,4-8,10H2,2H3. The number of hydrogen-bond donors (Lipinski definition) is 0. The number of nitrogens with zero attached hydrogens (tertiary/aromatic N) is 1. The van der Waals surface area contributed by atoms with E-state index in [0.717, 1.165) is 12.8 Å². The van der Waals surface area contributed by atoms with Crippen LogP contribution in [-0.4, -0.2) is 37.0 Å². The van der Waals surface area contributed by atoms with Crippen molar-refractivity contribution in [3.05, 3.63) is 12.7 Å². The summed E-state index contributed by atoms with van der Waals surface area (Å²) in [5.41, 5.74) is 0. The lowest BCUT2D eigenvalue weighted by Gasteiger charge is -2.18. The molecule has 0 saturated heterocycles. The summed E-state index contributed by atoms with van der Waals surface area (Å²) in [5.74, 6) is 0. The molecule has 15 heavy (non-hydrogen) atoms. The fourth-order valence-electron chi connectivity index (χ4n) is 0.989. The van der Waals surface area contributed by atoms with E-state index in [1.165, 1.54) is 4.90 Å². The summed E-state index contributed by atoms with van der Waals surface area (Å²) in [7, 11) is 0. The Balaban J connectivity index is 3.91. The third kappa shape index (κ3) is 6.71. The predicted molar refractivity (Wildman–Crippen MR) is 58.7 cm³/mol. The Kier molecular flexibility index (Phi) is 8.43. The van der Waals surface area contributed by atoms with Gasteiger partial charge in [0, 0.05) is 6.54 Å². The molecule has 0 rings (SSSR count). The lowest BCUT2D eigenvalue weighted by molar-refractivity contribution is -0.108. The molecule has 0 radical (unpaired) electrons. The van der Waals surface area contributed by atoms with Crippen molar-refractivity contribution in [3.63, 3.8) is 0 Å². The van der Waals surface area contributed by atoms with Gasteiger partial charge >= 0.3 is 6.09 Å². The van der Waals surface area contributed by atoms with Crippen LogP contribution in [0.1, 0.15) is 26.2 Å². The van der Waals surface area contributed by atoms with Gasteiger partial charge in [0.25, 0.3) is 0 Å². The van der Waals surface area contributed by atoms with Crippen molar-refractivity contribution < 1.29 is 14.3 Å². The van der Waals surface area contributed by atoms with E-state index in [0.29, 0.717) is 25.9 Å². The van der Waals surface area contributed by atoms with Gasteiger partial charge in [-0.05, 0) is 12.8 Å². The Morgan fingerprint density at radius 2 is 2.27 bits per heavy atom. The summed E-state index contributed by atoms with van der Waals surface area (Å²) in [4.78, 5) is 23.1. The molecule has 4 nitrogen and oxygen atoms in total. The third-order valence-electron chi connectivity index (χ3n) is 1.88. The smallest absolute Gasteiger partial charge is 0.410 e. The Bertz CT molecular complexity index is 204. The van der Waals surface area contributed by atoms with E-state index in [-0.39, 0.29) is 6.54 Å². The molecule has 0 spiro atoms. The number of unbranched alkanes of at least 4 members (excludes halogenated alkanes) is 1. The van der Waals surface area contributed by atoms with Crippen molar-refractivity contribution in [3.8, 4) is 0 Å². The molecule has 4 heteroatoms. The molecule has 0 aromatic heterocycles. The highest BCUT2D eigenvalue weighted by Crippen LogP contribution is 1.98. The van der Waals surface area contributed by atoms with Crippen molar-refractivity contribution in [2.24, 2.45) is 0 Å². The number of carbonyl (C=O) groups excluding carboxylic acids is 2. The lowest BCUT2D eigenvalue weighted by Crippen LogP contribution is -2.34. The minimum Gasteiger partial charge on any atom is -0.449 e. The molecular weight excluding hydrogens is 194 g/mol. The van der Waals surface area contributed by atoms with Crippen LogP contribution in [0.15, 0.2) is 12.7 Å². The molecule has 0 aromatic rings. The number of amides is 1. The van der Waals surface area contributed by atoms with E-state index >= 15 is 0 Å². The minimum absolute atomic E-state index is 0.0821. The zero-order valence-corrected chi connectivity index (χ0v) is 9.28. The van der Waals surface area contributed by atoms with Gasteiger partial charge in [0.05, 0.1) is 13.2 Å². The summed E-state index contributed by atoms with van der Waals surface area (Å²) in [6, 6.07) is 0. The molecule has 0 aromatic carbocycles. The fraction of sp³-hybridized carbons (Fsp3) is 0.636. The summed E-state index contributed by atoms with van der Waals surface area (Å²) in [6.07, 6.45) is 4.48. The lowest BCUT2D eigenvalue weighted by atomic mass is 10.4. The summed E-state index contributed by atoms with van der Waals surface area (Å²) < 4.78 is 4.99. The summed E-state index contributed by atoms with van der Waals surface area (Å²) >= 11 is 0. The SMILES string of the molecule is C=CCCN(CC=O)C(=O)OCCCC. The van der Waals surface area contributed by atoms with E-state index < -0.39 is 6.09 Å². The minimum atomic E-state index is -0.419. The van der Waals surface area contributed by atoms with Gasteiger partial charge < -0.3 is 14.4 Å². The molecule has 86 valence electrons. The molecule has 0 heterocycles. The molecule has 0 bridgehead atoms. The Labute approximate surface area is 90.9 Å². The van der Waals surface area contributed by atoms with Crippen LogP contribution in [-0.2, 0) is 9.53 Å². The molecule has 0 aliphatic rings. The number of hydrogen-bond acceptors (Lipinski definition) is 3. The number of rotatable bonds is 8. The molecule has 0 saturated carbocycles. The molecule has 0 unspecified atom stereocenters. The van der Waals surface area contributed by atoms with Gasteiger partial charge in [-0.15, -0.1) is 6.58 Å². The highest BCUT2D eigenvalue weighted by Gasteiger charge is 2.12. The summed E-state index contributed by atoms with van der Waals surface area (Å²) in [5, 5.41) is 0. The third-order valence-corrected chi connectivity index (χ3v) is 1.88. The quantitative estimate of drug-likeness (QED) is 0.352. The van der Waals surface area contributed by atoms with Crippen LogP contribution >= 0.6 is 0 Å². The largest absolute Gasteiger partial charge is 0.449 e. The summed E-state index contributed by atoms with van der Waals surface area (Å²) in [6.45, 7) is 6.56. The van der Waals surface area contributed by atoms with Gasteiger partial charge in [-0.1, -0.05) is 19.4 Å². The van der Waals surface area contributed by atoms with Gasteiger partial charge in [0.15, 0.2) is 0 Å². The molecule has 0 N–H and O–H groups in total. The fourth-order valence-corrected chi connectivity index (χ4v) is 0.989. The average molecular weight is 213 g/mol. The van der Waals surface area contributed by atoms with Gasteiger partial charge in [0.2, 0.25) is 0 Å². The first-order valence-electron chi connectivity index (χ1n) is 5.22. The van der Waals surface area contributed by atoms with Crippen LogP contribution in [0, 0.1) is 0 Å². The maximum Gasteiger partial charge on any atom is 0.410 e. The first-order chi connectivity index (χ1) is 7.26. The van der Waals surface area contributed by atoms with Gasteiger partial charge in [-0.3, -0.25) is 0 Å². The van der Waals surface area contributed by atoms with E-state index in [2.05, 4.69) is 6.58 Å². The zero-order chi connectivity index (χ0) is 11.5. The van der Waals surface area contributed by atoms with Gasteiger partial charge in [-0.2, -0.15) is 0 Å². The monoisotopic (exact) mass is 213 g/mol. The first kappa shape index (κ1) is 13.7. The average Bonchev–Trinajstić information content (AvgIpc) is 2.24. The second kappa shape index (κ2) is 9.24. The molecule has 0 aliphatic carbocycles. The first-order valence-corrected chi connectivity index (χ1v) is 5.22. The van der Waals surface area contributed by atoms with Crippen molar-refractivity contribution in [1.82, 2.24) is 4.90 Å². The highest BCUT2D eigenvalue weighted by molar-refractivity contribution is 5.71. The van der Waals surface area contributed by atoms with E-state index in [9.17, 15) is 9.59 Å². The van der Waals surface area contributed by atoms with Crippen LogP contribution in [0.2, 0.25) is 0 Å². The molecule has 0 aliphatic heterocycles. The highest BCUT2D eigenvalue weighted by atomic mass is 16.6. The molecule has 0 atom stereocenters.